The average molecular weight is 259 g/mol. The average Bonchev–Trinajstić information content (AvgIpc) is 2.80. The number of carbonyl (C=O) groups is 1. The van der Waals surface area contributed by atoms with Crippen molar-refractivity contribution in [3.05, 3.63) is 30.5 Å². The second-order valence-corrected chi connectivity index (χ2v) is 5.10. The Kier molecular flexibility index (Phi) is 4.25. The zero-order valence-electron chi connectivity index (χ0n) is 11.8. The summed E-state index contributed by atoms with van der Waals surface area (Å²) in [6.07, 6.45) is 2.95. The first-order valence-corrected chi connectivity index (χ1v) is 6.87. The van der Waals surface area contributed by atoms with E-state index in [4.69, 9.17) is 4.74 Å². The van der Waals surface area contributed by atoms with Gasteiger partial charge >= 0.3 is 0 Å². The quantitative estimate of drug-likeness (QED) is 0.792. The standard InChI is InChI=1S/C16H21NO2/c1-4-10-19-16-7-5-6-14-13(16)8-9-17(14)11-15(18)12(2)3/h5-9,12H,4,10-11H2,1-3H3. The number of Topliss-reactive ketones (excluding diaryl/α,β-unsaturated/α-hetero) is 1. The molecule has 0 aliphatic rings. The van der Waals surface area contributed by atoms with Gasteiger partial charge in [0, 0.05) is 17.5 Å². The Morgan fingerprint density at radius 2 is 2.11 bits per heavy atom. The molecule has 2 aromatic rings. The highest BCUT2D eigenvalue weighted by Crippen LogP contribution is 2.26. The fourth-order valence-corrected chi connectivity index (χ4v) is 2.02. The Morgan fingerprint density at radius 3 is 2.79 bits per heavy atom. The van der Waals surface area contributed by atoms with Crippen LogP contribution in [0.25, 0.3) is 10.9 Å². The van der Waals surface area contributed by atoms with Gasteiger partial charge in [0.1, 0.15) is 5.75 Å². The van der Waals surface area contributed by atoms with Gasteiger partial charge in [-0.1, -0.05) is 26.8 Å². The van der Waals surface area contributed by atoms with Crippen LogP contribution in [0.2, 0.25) is 0 Å². The number of hydrogen-bond acceptors (Lipinski definition) is 2. The molecule has 0 amide bonds. The summed E-state index contributed by atoms with van der Waals surface area (Å²) in [5.41, 5.74) is 1.06. The molecular formula is C16H21NO2. The van der Waals surface area contributed by atoms with E-state index in [-0.39, 0.29) is 11.7 Å². The van der Waals surface area contributed by atoms with E-state index < -0.39 is 0 Å². The first-order chi connectivity index (χ1) is 9.13. The third-order valence-electron chi connectivity index (χ3n) is 3.21. The molecule has 1 heterocycles. The molecule has 0 saturated heterocycles. The van der Waals surface area contributed by atoms with E-state index in [9.17, 15) is 4.79 Å². The molecule has 1 aromatic heterocycles. The van der Waals surface area contributed by atoms with Crippen molar-refractivity contribution >= 4 is 16.7 Å². The first-order valence-electron chi connectivity index (χ1n) is 6.87. The molecule has 0 unspecified atom stereocenters. The topological polar surface area (TPSA) is 31.2 Å². The minimum absolute atomic E-state index is 0.0666. The van der Waals surface area contributed by atoms with Gasteiger partial charge in [-0.2, -0.15) is 0 Å². The van der Waals surface area contributed by atoms with E-state index in [1.807, 2.05) is 48.9 Å². The molecule has 2 rings (SSSR count). The summed E-state index contributed by atoms with van der Waals surface area (Å²) in [4.78, 5) is 11.9. The smallest absolute Gasteiger partial charge is 0.155 e. The molecule has 0 aliphatic carbocycles. The third kappa shape index (κ3) is 2.98. The lowest BCUT2D eigenvalue weighted by molar-refractivity contribution is -0.122. The van der Waals surface area contributed by atoms with E-state index in [1.165, 1.54) is 0 Å². The maximum atomic E-state index is 11.9. The predicted octanol–water partition coefficient (Wildman–Crippen LogP) is 3.66. The van der Waals surface area contributed by atoms with E-state index in [0.717, 1.165) is 29.7 Å². The highest BCUT2D eigenvalue weighted by molar-refractivity contribution is 5.88. The summed E-state index contributed by atoms with van der Waals surface area (Å²) < 4.78 is 7.73. The van der Waals surface area contributed by atoms with Crippen LogP contribution in [-0.2, 0) is 11.3 Å². The van der Waals surface area contributed by atoms with Crippen LogP contribution >= 0.6 is 0 Å². The zero-order chi connectivity index (χ0) is 13.8. The van der Waals surface area contributed by atoms with Crippen molar-refractivity contribution in [3.63, 3.8) is 0 Å². The molecule has 0 spiro atoms. The third-order valence-corrected chi connectivity index (χ3v) is 3.21. The number of rotatable bonds is 6. The van der Waals surface area contributed by atoms with Crippen LogP contribution < -0.4 is 4.74 Å². The number of benzene rings is 1. The molecule has 0 saturated carbocycles. The van der Waals surface area contributed by atoms with Crippen LogP contribution in [0, 0.1) is 5.92 Å². The van der Waals surface area contributed by atoms with Gasteiger partial charge in [0.05, 0.1) is 18.7 Å². The lowest BCUT2D eigenvalue weighted by Gasteiger charge is -2.09. The summed E-state index contributed by atoms with van der Waals surface area (Å²) in [5, 5.41) is 1.08. The Hall–Kier alpha value is -1.77. The molecule has 0 bridgehead atoms. The number of fused-ring (bicyclic) bond motifs is 1. The molecule has 0 radical (unpaired) electrons. The Balaban J connectivity index is 2.30. The lowest BCUT2D eigenvalue weighted by Crippen LogP contribution is -2.14. The molecule has 19 heavy (non-hydrogen) atoms. The number of ketones is 1. The van der Waals surface area contributed by atoms with Crippen LogP contribution in [0.15, 0.2) is 30.5 Å². The number of carbonyl (C=O) groups excluding carboxylic acids is 1. The number of ether oxygens (including phenoxy) is 1. The van der Waals surface area contributed by atoms with Crippen molar-refractivity contribution in [1.82, 2.24) is 4.57 Å². The summed E-state index contributed by atoms with van der Waals surface area (Å²) in [6.45, 7) is 7.11. The normalized spacial score (nSPS) is 11.2. The molecule has 3 heteroatoms. The van der Waals surface area contributed by atoms with Crippen molar-refractivity contribution in [2.75, 3.05) is 6.61 Å². The molecule has 0 fully saturated rings. The van der Waals surface area contributed by atoms with Gasteiger partial charge in [0.15, 0.2) is 5.78 Å². The number of hydrogen-bond donors (Lipinski definition) is 0. The van der Waals surface area contributed by atoms with Crippen molar-refractivity contribution in [3.8, 4) is 5.75 Å². The van der Waals surface area contributed by atoms with Crippen molar-refractivity contribution < 1.29 is 9.53 Å². The van der Waals surface area contributed by atoms with Gasteiger partial charge in [0.25, 0.3) is 0 Å². The molecule has 0 aliphatic heterocycles. The Bertz CT molecular complexity index is 569. The highest BCUT2D eigenvalue weighted by Gasteiger charge is 2.11. The molecule has 1 aromatic carbocycles. The highest BCUT2D eigenvalue weighted by atomic mass is 16.5. The molecular weight excluding hydrogens is 238 g/mol. The van der Waals surface area contributed by atoms with Crippen molar-refractivity contribution in [2.24, 2.45) is 5.92 Å². The van der Waals surface area contributed by atoms with E-state index in [1.54, 1.807) is 0 Å². The number of nitrogens with zero attached hydrogens (tertiary/aromatic N) is 1. The van der Waals surface area contributed by atoms with Gasteiger partial charge in [-0.3, -0.25) is 4.79 Å². The maximum absolute atomic E-state index is 11.9. The summed E-state index contributed by atoms with van der Waals surface area (Å²) in [7, 11) is 0. The van der Waals surface area contributed by atoms with Gasteiger partial charge in [-0.25, -0.2) is 0 Å². The van der Waals surface area contributed by atoms with Crippen molar-refractivity contribution in [1.29, 1.82) is 0 Å². The molecule has 0 atom stereocenters. The van der Waals surface area contributed by atoms with Gasteiger partial charge in [-0.15, -0.1) is 0 Å². The van der Waals surface area contributed by atoms with Gasteiger partial charge < -0.3 is 9.30 Å². The molecule has 102 valence electrons. The van der Waals surface area contributed by atoms with Gasteiger partial charge in [-0.05, 0) is 24.6 Å². The summed E-state index contributed by atoms with van der Waals surface area (Å²) in [6, 6.07) is 8.01. The van der Waals surface area contributed by atoms with Gasteiger partial charge in [0.2, 0.25) is 0 Å². The molecule has 0 N–H and O–H groups in total. The maximum Gasteiger partial charge on any atom is 0.155 e. The molecule has 3 nitrogen and oxygen atoms in total. The minimum atomic E-state index is 0.0666. The fourth-order valence-electron chi connectivity index (χ4n) is 2.02. The SMILES string of the molecule is CCCOc1cccc2c1ccn2CC(=O)C(C)C. The van der Waals surface area contributed by atoms with E-state index in [0.29, 0.717) is 6.54 Å². The Morgan fingerprint density at radius 1 is 1.32 bits per heavy atom. The largest absolute Gasteiger partial charge is 0.493 e. The van der Waals surface area contributed by atoms with E-state index >= 15 is 0 Å². The van der Waals surface area contributed by atoms with Crippen LogP contribution in [0.4, 0.5) is 0 Å². The first kappa shape index (κ1) is 13.7. The van der Waals surface area contributed by atoms with Crippen LogP contribution in [0.5, 0.6) is 5.75 Å². The second-order valence-electron chi connectivity index (χ2n) is 5.10. The van der Waals surface area contributed by atoms with Crippen molar-refractivity contribution in [2.45, 2.75) is 33.7 Å². The minimum Gasteiger partial charge on any atom is -0.493 e. The van der Waals surface area contributed by atoms with Crippen LogP contribution in [-0.4, -0.2) is 17.0 Å². The zero-order valence-corrected chi connectivity index (χ0v) is 11.8. The Labute approximate surface area is 114 Å². The van der Waals surface area contributed by atoms with E-state index in [2.05, 4.69) is 6.92 Å². The summed E-state index contributed by atoms with van der Waals surface area (Å²) >= 11 is 0. The van der Waals surface area contributed by atoms with Crippen LogP contribution in [0.3, 0.4) is 0 Å². The predicted molar refractivity (Wildman–Crippen MR) is 77.6 cm³/mol. The summed E-state index contributed by atoms with van der Waals surface area (Å²) in [5.74, 6) is 1.21. The fraction of sp³-hybridized carbons (Fsp3) is 0.438. The monoisotopic (exact) mass is 259 g/mol. The van der Waals surface area contributed by atoms with Crippen LogP contribution in [0.1, 0.15) is 27.2 Å². The second kappa shape index (κ2) is 5.91. The lowest BCUT2D eigenvalue weighted by atomic mass is 10.1. The number of aromatic nitrogens is 1.